The molecule has 0 aliphatic carbocycles. The van der Waals surface area contributed by atoms with Crippen molar-refractivity contribution in [2.45, 2.75) is 32.4 Å². The summed E-state index contributed by atoms with van der Waals surface area (Å²) in [7, 11) is 0. The van der Waals surface area contributed by atoms with Gasteiger partial charge in [0.1, 0.15) is 0 Å². The van der Waals surface area contributed by atoms with Crippen molar-refractivity contribution >= 4 is 23.3 Å². The maximum Gasteiger partial charge on any atom is 0.315 e. The summed E-state index contributed by atoms with van der Waals surface area (Å²) in [6.45, 7) is 2.78. The number of thiophene rings is 1. The first-order valence-corrected chi connectivity index (χ1v) is 8.94. The van der Waals surface area contributed by atoms with Crippen molar-refractivity contribution in [3.8, 4) is 0 Å². The molecule has 0 radical (unpaired) electrons. The molecule has 2 aromatic rings. The van der Waals surface area contributed by atoms with Crippen molar-refractivity contribution in [2.24, 2.45) is 0 Å². The molecule has 0 aliphatic rings. The normalized spacial score (nSPS) is 11.5. The molecule has 0 bridgehead atoms. The number of amides is 3. The van der Waals surface area contributed by atoms with Gasteiger partial charge >= 0.3 is 6.03 Å². The van der Waals surface area contributed by atoms with Gasteiger partial charge in [0.05, 0.1) is 0 Å². The van der Waals surface area contributed by atoms with Crippen LogP contribution in [0.15, 0.2) is 47.2 Å². The molecule has 0 unspecified atom stereocenters. The summed E-state index contributed by atoms with van der Waals surface area (Å²) in [6, 6.07) is 11.6. The molecular weight excluding hydrogens is 322 g/mol. The predicted octanol–water partition coefficient (Wildman–Crippen LogP) is 2.68. The first-order valence-electron chi connectivity index (χ1n) is 7.99. The number of nitrogens with one attached hydrogen (secondary N) is 3. The molecular formula is C18H23N3O2S. The average Bonchev–Trinajstić information content (AvgIpc) is 3.06. The van der Waals surface area contributed by atoms with Crippen molar-refractivity contribution in [3.05, 3.63) is 58.3 Å². The third kappa shape index (κ3) is 6.83. The highest BCUT2D eigenvalue weighted by atomic mass is 32.1. The van der Waals surface area contributed by atoms with E-state index in [1.807, 2.05) is 42.6 Å². The van der Waals surface area contributed by atoms with Gasteiger partial charge in [0.25, 0.3) is 0 Å². The average molecular weight is 345 g/mol. The molecule has 0 saturated carbocycles. The van der Waals surface area contributed by atoms with E-state index in [1.54, 1.807) is 11.3 Å². The van der Waals surface area contributed by atoms with Gasteiger partial charge in [-0.1, -0.05) is 30.3 Å². The molecule has 0 saturated heterocycles. The van der Waals surface area contributed by atoms with Gasteiger partial charge in [-0.05, 0) is 41.3 Å². The number of carbonyl (C=O) groups excluding carboxylic acids is 2. The van der Waals surface area contributed by atoms with Gasteiger partial charge in [-0.3, -0.25) is 4.79 Å². The van der Waals surface area contributed by atoms with Gasteiger partial charge in [0.2, 0.25) is 5.91 Å². The number of hydrogen-bond donors (Lipinski definition) is 3. The number of rotatable bonds is 8. The SMILES string of the molecule is C[C@@H](Cc1ccsc1)NC(=O)NCCC(=O)NCc1ccccc1. The Labute approximate surface area is 146 Å². The third-order valence-electron chi connectivity index (χ3n) is 3.47. The molecule has 0 fully saturated rings. The Balaban J connectivity index is 1.57. The number of carbonyl (C=O) groups is 2. The zero-order valence-corrected chi connectivity index (χ0v) is 14.6. The third-order valence-corrected chi connectivity index (χ3v) is 4.20. The van der Waals surface area contributed by atoms with Crippen LogP contribution in [0.4, 0.5) is 4.79 Å². The molecule has 1 aromatic carbocycles. The lowest BCUT2D eigenvalue weighted by molar-refractivity contribution is -0.121. The molecule has 128 valence electrons. The van der Waals surface area contributed by atoms with E-state index in [-0.39, 0.29) is 24.4 Å². The van der Waals surface area contributed by atoms with Gasteiger partial charge in [-0.2, -0.15) is 11.3 Å². The van der Waals surface area contributed by atoms with Crippen molar-refractivity contribution in [1.29, 1.82) is 0 Å². The van der Waals surface area contributed by atoms with E-state index < -0.39 is 0 Å². The van der Waals surface area contributed by atoms with E-state index in [0.29, 0.717) is 13.1 Å². The maximum absolute atomic E-state index is 11.8. The van der Waals surface area contributed by atoms with Crippen molar-refractivity contribution in [2.75, 3.05) is 6.54 Å². The highest BCUT2D eigenvalue weighted by Gasteiger charge is 2.08. The summed E-state index contributed by atoms with van der Waals surface area (Å²) >= 11 is 1.65. The van der Waals surface area contributed by atoms with Crippen LogP contribution in [0.25, 0.3) is 0 Å². The Morgan fingerprint density at radius 2 is 1.88 bits per heavy atom. The molecule has 3 amide bonds. The lowest BCUT2D eigenvalue weighted by Gasteiger charge is -2.14. The molecule has 0 aliphatic heterocycles. The van der Waals surface area contributed by atoms with Crippen molar-refractivity contribution in [3.63, 3.8) is 0 Å². The minimum atomic E-state index is -0.242. The summed E-state index contributed by atoms with van der Waals surface area (Å²) in [6.07, 6.45) is 1.06. The van der Waals surface area contributed by atoms with E-state index >= 15 is 0 Å². The zero-order valence-electron chi connectivity index (χ0n) is 13.7. The van der Waals surface area contributed by atoms with Crippen LogP contribution >= 0.6 is 11.3 Å². The van der Waals surface area contributed by atoms with E-state index in [1.165, 1.54) is 5.56 Å². The molecule has 6 heteroatoms. The maximum atomic E-state index is 11.8. The second-order valence-corrected chi connectivity index (χ2v) is 6.43. The molecule has 3 N–H and O–H groups in total. The van der Waals surface area contributed by atoms with Crippen LogP contribution in [0.2, 0.25) is 0 Å². The van der Waals surface area contributed by atoms with Crippen LogP contribution in [-0.4, -0.2) is 24.5 Å². The van der Waals surface area contributed by atoms with Gasteiger partial charge in [-0.25, -0.2) is 4.79 Å². The Morgan fingerprint density at radius 1 is 1.08 bits per heavy atom. The van der Waals surface area contributed by atoms with Crippen LogP contribution in [0, 0.1) is 0 Å². The quantitative estimate of drug-likeness (QED) is 0.688. The number of hydrogen-bond acceptors (Lipinski definition) is 3. The first kappa shape index (κ1) is 18.0. The second-order valence-electron chi connectivity index (χ2n) is 5.65. The lowest BCUT2D eigenvalue weighted by Crippen LogP contribution is -2.42. The molecule has 0 spiro atoms. The summed E-state index contributed by atoms with van der Waals surface area (Å²) in [5.41, 5.74) is 2.27. The number of urea groups is 1. The van der Waals surface area contributed by atoms with Gasteiger partial charge < -0.3 is 16.0 Å². The molecule has 1 atom stereocenters. The Hall–Kier alpha value is -2.34. The molecule has 2 rings (SSSR count). The van der Waals surface area contributed by atoms with Crippen LogP contribution < -0.4 is 16.0 Å². The fourth-order valence-electron chi connectivity index (χ4n) is 2.26. The summed E-state index contributed by atoms with van der Waals surface area (Å²) in [5.74, 6) is -0.0783. The minimum Gasteiger partial charge on any atom is -0.352 e. The van der Waals surface area contributed by atoms with E-state index in [2.05, 4.69) is 27.4 Å². The predicted molar refractivity (Wildman–Crippen MR) is 96.9 cm³/mol. The highest BCUT2D eigenvalue weighted by molar-refractivity contribution is 7.07. The van der Waals surface area contributed by atoms with E-state index in [9.17, 15) is 9.59 Å². The van der Waals surface area contributed by atoms with E-state index in [4.69, 9.17) is 0 Å². The molecule has 1 heterocycles. The highest BCUT2D eigenvalue weighted by Crippen LogP contribution is 2.08. The first-order chi connectivity index (χ1) is 11.6. The van der Waals surface area contributed by atoms with E-state index in [0.717, 1.165) is 12.0 Å². The Bertz CT molecular complexity index is 629. The fourth-order valence-corrected chi connectivity index (χ4v) is 2.94. The molecule has 5 nitrogen and oxygen atoms in total. The van der Waals surface area contributed by atoms with Crippen molar-refractivity contribution < 1.29 is 9.59 Å². The largest absolute Gasteiger partial charge is 0.352 e. The Morgan fingerprint density at radius 3 is 2.58 bits per heavy atom. The van der Waals surface area contributed by atoms with Gasteiger partial charge in [0, 0.05) is 25.6 Å². The lowest BCUT2D eigenvalue weighted by atomic mass is 10.1. The smallest absolute Gasteiger partial charge is 0.315 e. The fraction of sp³-hybridized carbons (Fsp3) is 0.333. The monoisotopic (exact) mass is 345 g/mol. The standard InChI is InChI=1S/C18H23N3O2S/c1-14(11-16-8-10-24-13-16)21-18(23)19-9-7-17(22)20-12-15-5-3-2-4-6-15/h2-6,8,10,13-14H,7,9,11-12H2,1H3,(H,20,22)(H2,19,21,23)/t14-/m0/s1. The summed E-state index contributed by atoms with van der Waals surface area (Å²) in [5, 5.41) is 12.5. The topological polar surface area (TPSA) is 70.2 Å². The van der Waals surface area contributed by atoms with Crippen LogP contribution in [0.1, 0.15) is 24.5 Å². The molecule has 24 heavy (non-hydrogen) atoms. The van der Waals surface area contributed by atoms with Crippen LogP contribution in [-0.2, 0) is 17.8 Å². The van der Waals surface area contributed by atoms with Gasteiger partial charge in [0.15, 0.2) is 0 Å². The second kappa shape index (κ2) is 9.72. The molecule has 1 aromatic heterocycles. The van der Waals surface area contributed by atoms with Gasteiger partial charge in [-0.15, -0.1) is 0 Å². The summed E-state index contributed by atoms with van der Waals surface area (Å²) < 4.78 is 0. The minimum absolute atomic E-state index is 0.0477. The summed E-state index contributed by atoms with van der Waals surface area (Å²) in [4.78, 5) is 23.5. The Kier molecular flexibility index (Phi) is 7.29. The number of benzene rings is 1. The van der Waals surface area contributed by atoms with Crippen molar-refractivity contribution in [1.82, 2.24) is 16.0 Å². The van der Waals surface area contributed by atoms with Crippen LogP contribution in [0.5, 0.6) is 0 Å². The zero-order chi connectivity index (χ0) is 17.2. The van der Waals surface area contributed by atoms with Crippen LogP contribution in [0.3, 0.4) is 0 Å².